The first kappa shape index (κ1) is 38.6. The summed E-state index contributed by atoms with van der Waals surface area (Å²) in [6.07, 6.45) is 7.73. The predicted octanol–water partition coefficient (Wildman–Crippen LogP) is 16.7. The summed E-state index contributed by atoms with van der Waals surface area (Å²) in [6, 6.07) is 76.7. The maximum atomic E-state index is 6.47. The maximum absolute atomic E-state index is 6.47. The van der Waals surface area contributed by atoms with Crippen molar-refractivity contribution in [2.45, 2.75) is 0 Å². The van der Waals surface area contributed by atoms with E-state index in [2.05, 4.69) is 236 Å². The summed E-state index contributed by atoms with van der Waals surface area (Å²) in [5.74, 6) is 0. The highest BCUT2D eigenvalue weighted by molar-refractivity contribution is 6.12. The molecule has 15 rings (SSSR count). The zero-order valence-electron chi connectivity index (χ0n) is 37.7. The molecule has 0 bridgehead atoms. The molecule has 0 saturated carbocycles. The molecule has 0 spiro atoms. The van der Waals surface area contributed by atoms with Crippen molar-refractivity contribution >= 4 is 87.4 Å². The van der Waals surface area contributed by atoms with Crippen molar-refractivity contribution < 1.29 is 4.42 Å². The van der Waals surface area contributed by atoms with E-state index in [1.807, 2.05) is 24.8 Å². The van der Waals surface area contributed by atoms with Gasteiger partial charge in [-0.15, -0.1) is 0 Å². The van der Waals surface area contributed by atoms with Gasteiger partial charge in [-0.3, -0.25) is 9.97 Å². The van der Waals surface area contributed by atoms with E-state index in [-0.39, 0.29) is 0 Å². The SMILES string of the molecule is c1cc(-c2cccc(-c3ccc4oc5ccc(-n6c7ccccc7c7ccccc76)cc5c4c3)c2)cc(-c2cc(-n3c4ccccc4c4ccncc43)cc(-n3c4ccccc4c4ccncc43)c2)c1. The van der Waals surface area contributed by atoms with Crippen LogP contribution in [0.25, 0.3) is 138 Å². The van der Waals surface area contributed by atoms with Gasteiger partial charge in [-0.05, 0) is 130 Å². The number of furan rings is 1. The van der Waals surface area contributed by atoms with Gasteiger partial charge in [0.25, 0.3) is 0 Å². The van der Waals surface area contributed by atoms with Crippen LogP contribution in [0, 0.1) is 0 Å². The van der Waals surface area contributed by atoms with Gasteiger partial charge in [0.2, 0.25) is 0 Å². The molecule has 70 heavy (non-hydrogen) atoms. The van der Waals surface area contributed by atoms with Crippen LogP contribution in [-0.4, -0.2) is 23.7 Å². The van der Waals surface area contributed by atoms with Crippen LogP contribution in [0.4, 0.5) is 0 Å². The van der Waals surface area contributed by atoms with Gasteiger partial charge >= 0.3 is 0 Å². The molecule has 9 aromatic carbocycles. The third-order valence-electron chi connectivity index (χ3n) is 14.4. The Labute approximate surface area is 401 Å². The van der Waals surface area contributed by atoms with Gasteiger partial charge in [0, 0.05) is 72.5 Å². The van der Waals surface area contributed by atoms with Crippen LogP contribution in [0.5, 0.6) is 0 Å². The summed E-state index contributed by atoms with van der Waals surface area (Å²) in [5, 5.41) is 9.41. The molecule has 0 aliphatic carbocycles. The maximum Gasteiger partial charge on any atom is 0.135 e. The predicted molar refractivity (Wildman–Crippen MR) is 289 cm³/mol. The van der Waals surface area contributed by atoms with Crippen LogP contribution in [0.2, 0.25) is 0 Å². The molecular formula is C64H39N5O. The number of nitrogens with zero attached hydrogens (tertiary/aromatic N) is 5. The van der Waals surface area contributed by atoms with Crippen LogP contribution in [-0.2, 0) is 0 Å². The molecular weight excluding hydrogens is 855 g/mol. The van der Waals surface area contributed by atoms with Crippen LogP contribution in [0.3, 0.4) is 0 Å². The normalized spacial score (nSPS) is 12.0. The molecule has 6 heteroatoms. The number of fused-ring (bicyclic) bond motifs is 12. The van der Waals surface area contributed by atoms with Crippen molar-refractivity contribution in [3.63, 3.8) is 0 Å². The molecule has 6 heterocycles. The van der Waals surface area contributed by atoms with E-state index < -0.39 is 0 Å². The molecule has 0 saturated heterocycles. The summed E-state index contributed by atoms with van der Waals surface area (Å²) in [4.78, 5) is 9.24. The lowest BCUT2D eigenvalue weighted by Crippen LogP contribution is -2.00. The fraction of sp³-hybridized carbons (Fsp3) is 0. The molecule has 6 nitrogen and oxygen atoms in total. The van der Waals surface area contributed by atoms with Gasteiger partial charge in [0.05, 0.1) is 45.5 Å². The average Bonchev–Trinajstić information content (AvgIpc) is 4.17. The van der Waals surface area contributed by atoms with Gasteiger partial charge in [-0.2, -0.15) is 0 Å². The molecule has 326 valence electrons. The fourth-order valence-electron chi connectivity index (χ4n) is 11.3. The topological polar surface area (TPSA) is 53.7 Å². The Morgan fingerprint density at radius 1 is 0.257 bits per heavy atom. The molecule has 0 N–H and O–H groups in total. The smallest absolute Gasteiger partial charge is 0.135 e. The second kappa shape index (κ2) is 15.0. The Morgan fingerprint density at radius 2 is 0.657 bits per heavy atom. The molecule has 0 fully saturated rings. The van der Waals surface area contributed by atoms with Crippen molar-refractivity contribution in [2.75, 3.05) is 0 Å². The number of rotatable bonds is 6. The highest BCUT2D eigenvalue weighted by atomic mass is 16.3. The van der Waals surface area contributed by atoms with Crippen molar-refractivity contribution in [1.82, 2.24) is 23.7 Å². The van der Waals surface area contributed by atoms with Crippen LogP contribution >= 0.6 is 0 Å². The van der Waals surface area contributed by atoms with Gasteiger partial charge in [-0.25, -0.2) is 0 Å². The van der Waals surface area contributed by atoms with Gasteiger partial charge in [0.1, 0.15) is 11.2 Å². The Balaban J connectivity index is 0.861. The van der Waals surface area contributed by atoms with E-state index in [9.17, 15) is 0 Å². The van der Waals surface area contributed by atoms with E-state index >= 15 is 0 Å². The zero-order valence-corrected chi connectivity index (χ0v) is 37.7. The second-order valence-corrected chi connectivity index (χ2v) is 18.3. The van der Waals surface area contributed by atoms with Crippen LogP contribution in [0.15, 0.2) is 242 Å². The quantitative estimate of drug-likeness (QED) is 0.167. The van der Waals surface area contributed by atoms with E-state index in [0.717, 1.165) is 94.4 Å². The van der Waals surface area contributed by atoms with Gasteiger partial charge in [0.15, 0.2) is 0 Å². The third kappa shape index (κ3) is 5.80. The van der Waals surface area contributed by atoms with E-state index in [4.69, 9.17) is 4.42 Å². The largest absolute Gasteiger partial charge is 0.456 e. The average molecular weight is 894 g/mol. The Hall–Kier alpha value is -9.52. The standard InChI is InChI=1S/C64H39N5O/c1-5-19-57-49(15-1)50-16-2-6-20-58(50)67(57)46-24-26-64-56(37-46)55-35-44(23-25-63(55)70-64)42-13-9-11-40(31-42)41-12-10-14-43(32-41)45-33-47(68-59-21-7-3-17-51(59)53-27-29-65-38-61(53)68)36-48(34-45)69-60-22-8-4-18-52(60)54-28-30-66-39-62(54)69/h1-39H. The minimum atomic E-state index is 0.873. The first-order valence-corrected chi connectivity index (χ1v) is 23.7. The first-order chi connectivity index (χ1) is 34.7. The van der Waals surface area contributed by atoms with Crippen molar-refractivity contribution in [3.05, 3.63) is 237 Å². The molecule has 6 aromatic heterocycles. The number of pyridine rings is 2. The Bertz CT molecular complexity index is 4330. The highest BCUT2D eigenvalue weighted by Gasteiger charge is 2.19. The van der Waals surface area contributed by atoms with E-state index in [1.54, 1.807) is 0 Å². The van der Waals surface area contributed by atoms with Crippen LogP contribution < -0.4 is 0 Å². The van der Waals surface area contributed by atoms with Crippen molar-refractivity contribution in [2.24, 2.45) is 0 Å². The molecule has 0 radical (unpaired) electrons. The number of hydrogen-bond donors (Lipinski definition) is 0. The minimum absolute atomic E-state index is 0.873. The van der Waals surface area contributed by atoms with E-state index in [0.29, 0.717) is 0 Å². The lowest BCUT2D eigenvalue weighted by atomic mass is 9.95. The molecule has 0 aliphatic heterocycles. The molecule has 15 aromatic rings. The Kier molecular flexibility index (Phi) is 8.26. The molecule has 0 atom stereocenters. The molecule has 0 amide bonds. The number of hydrogen-bond acceptors (Lipinski definition) is 3. The lowest BCUT2D eigenvalue weighted by Gasteiger charge is -2.16. The van der Waals surface area contributed by atoms with Crippen LogP contribution in [0.1, 0.15) is 0 Å². The number of aromatic nitrogens is 5. The highest BCUT2D eigenvalue weighted by Crippen LogP contribution is 2.41. The monoisotopic (exact) mass is 893 g/mol. The minimum Gasteiger partial charge on any atom is -0.456 e. The molecule has 0 unspecified atom stereocenters. The summed E-state index contributed by atoms with van der Waals surface area (Å²) in [5.41, 5.74) is 18.5. The summed E-state index contributed by atoms with van der Waals surface area (Å²) in [7, 11) is 0. The summed E-state index contributed by atoms with van der Waals surface area (Å²) < 4.78 is 13.5. The van der Waals surface area contributed by atoms with Gasteiger partial charge < -0.3 is 18.1 Å². The lowest BCUT2D eigenvalue weighted by molar-refractivity contribution is 0.669. The van der Waals surface area contributed by atoms with Crippen molar-refractivity contribution in [1.29, 1.82) is 0 Å². The van der Waals surface area contributed by atoms with E-state index in [1.165, 1.54) is 43.4 Å². The Morgan fingerprint density at radius 3 is 1.16 bits per heavy atom. The van der Waals surface area contributed by atoms with Gasteiger partial charge in [-0.1, -0.05) is 115 Å². The molecule has 0 aliphatic rings. The third-order valence-corrected chi connectivity index (χ3v) is 14.4. The number of para-hydroxylation sites is 4. The second-order valence-electron chi connectivity index (χ2n) is 18.3. The summed E-state index contributed by atoms with van der Waals surface area (Å²) in [6.45, 7) is 0. The number of benzene rings is 9. The zero-order chi connectivity index (χ0) is 45.9. The summed E-state index contributed by atoms with van der Waals surface area (Å²) >= 11 is 0. The van der Waals surface area contributed by atoms with Crippen molar-refractivity contribution in [3.8, 4) is 50.4 Å². The first-order valence-electron chi connectivity index (χ1n) is 23.7. The fourth-order valence-corrected chi connectivity index (χ4v) is 11.3.